The molecule has 220 valence electrons. The van der Waals surface area contributed by atoms with Crippen LogP contribution in [0.15, 0.2) is 72.9 Å². The number of amides is 1. The highest BCUT2D eigenvalue weighted by atomic mass is 19.1. The van der Waals surface area contributed by atoms with Gasteiger partial charge in [0.15, 0.2) is 6.23 Å². The van der Waals surface area contributed by atoms with E-state index in [9.17, 15) is 14.7 Å². The third-order valence-corrected chi connectivity index (χ3v) is 7.56. The molecule has 1 atom stereocenters. The van der Waals surface area contributed by atoms with Crippen LogP contribution in [0, 0.1) is 11.7 Å². The number of halogens is 1. The fourth-order valence-electron chi connectivity index (χ4n) is 5.34. The number of benzene rings is 3. The number of anilines is 1. The van der Waals surface area contributed by atoms with Crippen molar-refractivity contribution < 1.29 is 23.8 Å². The van der Waals surface area contributed by atoms with Gasteiger partial charge in [-0.25, -0.2) is 9.18 Å². The number of carbonyl (C=O) groups excluding carboxylic acids is 2. The lowest BCUT2D eigenvalue weighted by Gasteiger charge is -2.33. The Morgan fingerprint density at radius 3 is 2.48 bits per heavy atom. The summed E-state index contributed by atoms with van der Waals surface area (Å²) >= 11 is 0. The minimum Gasteiger partial charge on any atom is -0.466 e. The lowest BCUT2D eigenvalue weighted by molar-refractivity contribution is -0.134. The number of ether oxygens (including phenoxy) is 1. The lowest BCUT2D eigenvalue weighted by Crippen LogP contribution is -2.40. The topological polar surface area (TPSA) is 84.7 Å². The predicted molar refractivity (Wildman–Crippen MR) is 164 cm³/mol. The molecule has 8 heteroatoms. The van der Waals surface area contributed by atoms with E-state index in [-0.39, 0.29) is 17.4 Å². The Kier molecular flexibility index (Phi) is 10.3. The molecular weight excluding hydrogens is 533 g/mol. The molecule has 0 radical (unpaired) electrons. The van der Waals surface area contributed by atoms with E-state index >= 15 is 4.39 Å². The highest BCUT2D eigenvalue weighted by Gasteiger charge is 2.33. The van der Waals surface area contributed by atoms with Crippen molar-refractivity contribution in [1.29, 1.82) is 0 Å². The fourth-order valence-corrected chi connectivity index (χ4v) is 5.34. The third-order valence-electron chi connectivity index (χ3n) is 7.56. The first-order valence-electron chi connectivity index (χ1n) is 14.4. The van der Waals surface area contributed by atoms with Crippen LogP contribution in [0.4, 0.5) is 10.1 Å². The first kappa shape index (κ1) is 30.7. The zero-order valence-corrected chi connectivity index (χ0v) is 24.6. The standard InChI is InChI=1S/C32H32FN3O4.C2H6/c1-35-29-15-13-23(18-25(29)20-34-35)24-12-14-27(28(33)19-24)32(39)36(31(38)22-8-4-3-5-9-22)26-10-6-7-21(17-26)11-16-30(37)40-2;1-2/h6-7,10-20,22,32,39H,3-5,8-9H2,1-2H3;1-2H3/b16-11+;. The number of methoxy groups -OCH3 is 1. The minimum absolute atomic E-state index is 0.00544. The fraction of sp³-hybridized carbons (Fsp3) is 0.324. The zero-order valence-electron chi connectivity index (χ0n) is 24.6. The number of aromatic nitrogens is 2. The lowest BCUT2D eigenvalue weighted by atomic mass is 9.88. The Labute approximate surface area is 246 Å². The van der Waals surface area contributed by atoms with Crippen molar-refractivity contribution in [2.45, 2.75) is 52.2 Å². The van der Waals surface area contributed by atoms with E-state index in [1.54, 1.807) is 47.3 Å². The van der Waals surface area contributed by atoms with E-state index in [2.05, 4.69) is 9.84 Å². The van der Waals surface area contributed by atoms with Gasteiger partial charge in [0.05, 0.1) is 18.8 Å². The quantitative estimate of drug-likeness (QED) is 0.144. The van der Waals surface area contributed by atoms with Crippen LogP contribution in [-0.2, 0) is 21.4 Å². The maximum absolute atomic E-state index is 15.6. The number of hydrogen-bond donors (Lipinski definition) is 1. The summed E-state index contributed by atoms with van der Waals surface area (Å²) in [5, 5.41) is 16.7. The van der Waals surface area contributed by atoms with Crippen molar-refractivity contribution in [3.63, 3.8) is 0 Å². The van der Waals surface area contributed by atoms with Gasteiger partial charge in [-0.3, -0.25) is 14.4 Å². The van der Waals surface area contributed by atoms with Gasteiger partial charge in [0.1, 0.15) is 5.82 Å². The van der Waals surface area contributed by atoms with Gasteiger partial charge in [0.25, 0.3) is 0 Å². The molecule has 7 nitrogen and oxygen atoms in total. The Bertz CT molecular complexity index is 1570. The highest BCUT2D eigenvalue weighted by Crippen LogP contribution is 2.35. The molecule has 0 bridgehead atoms. The molecule has 0 saturated heterocycles. The number of aliphatic hydroxyl groups excluding tert-OH is 1. The van der Waals surface area contributed by atoms with Gasteiger partial charge in [-0.05, 0) is 65.9 Å². The van der Waals surface area contributed by atoms with Gasteiger partial charge in [0.2, 0.25) is 5.91 Å². The summed E-state index contributed by atoms with van der Waals surface area (Å²) in [6.45, 7) is 4.00. The van der Waals surface area contributed by atoms with E-state index in [0.717, 1.165) is 48.6 Å². The second kappa shape index (κ2) is 14.0. The summed E-state index contributed by atoms with van der Waals surface area (Å²) in [7, 11) is 3.16. The first-order chi connectivity index (χ1) is 20.4. The Morgan fingerprint density at radius 2 is 1.76 bits per heavy atom. The number of esters is 1. The number of aliphatic hydroxyl groups is 1. The van der Waals surface area contributed by atoms with Crippen molar-refractivity contribution in [2.75, 3.05) is 12.0 Å². The molecule has 0 aliphatic heterocycles. The van der Waals surface area contributed by atoms with Gasteiger partial charge in [-0.15, -0.1) is 0 Å². The van der Waals surface area contributed by atoms with Crippen LogP contribution in [0.5, 0.6) is 0 Å². The number of rotatable bonds is 7. The van der Waals surface area contributed by atoms with Gasteiger partial charge in [-0.1, -0.05) is 63.4 Å². The maximum atomic E-state index is 15.6. The SMILES string of the molecule is CC.COC(=O)/C=C/c1cccc(N(C(=O)C2CCCCC2)C(O)c2ccc(-c3ccc4c(cnn4C)c3)cc2F)c1. The smallest absolute Gasteiger partial charge is 0.330 e. The predicted octanol–water partition coefficient (Wildman–Crippen LogP) is 7.20. The van der Waals surface area contributed by atoms with Crippen LogP contribution in [0.25, 0.3) is 28.1 Å². The molecule has 5 rings (SSSR count). The third kappa shape index (κ3) is 6.77. The van der Waals surface area contributed by atoms with Gasteiger partial charge in [0, 0.05) is 35.7 Å². The molecule has 3 aromatic carbocycles. The molecule has 42 heavy (non-hydrogen) atoms. The Balaban J connectivity index is 0.00000198. The molecule has 1 heterocycles. The van der Waals surface area contributed by atoms with Gasteiger partial charge >= 0.3 is 5.97 Å². The molecule has 1 aromatic heterocycles. The summed E-state index contributed by atoms with van der Waals surface area (Å²) in [5.74, 6) is -1.62. The largest absolute Gasteiger partial charge is 0.466 e. The summed E-state index contributed by atoms with van der Waals surface area (Å²) < 4.78 is 22.1. The van der Waals surface area contributed by atoms with E-state index in [1.807, 2.05) is 39.1 Å². The molecule has 1 aliphatic carbocycles. The van der Waals surface area contributed by atoms with Crippen molar-refractivity contribution in [2.24, 2.45) is 13.0 Å². The second-order valence-corrected chi connectivity index (χ2v) is 10.1. The van der Waals surface area contributed by atoms with E-state index in [4.69, 9.17) is 0 Å². The van der Waals surface area contributed by atoms with Crippen LogP contribution in [0.1, 0.15) is 63.3 Å². The van der Waals surface area contributed by atoms with Crippen LogP contribution in [-0.4, -0.2) is 33.9 Å². The average Bonchev–Trinajstić information content (AvgIpc) is 3.41. The summed E-state index contributed by atoms with van der Waals surface area (Å²) in [5.41, 5.74) is 3.50. The monoisotopic (exact) mass is 571 g/mol. The number of hydrogen-bond acceptors (Lipinski definition) is 5. The van der Waals surface area contributed by atoms with Gasteiger partial charge in [-0.2, -0.15) is 5.10 Å². The van der Waals surface area contributed by atoms with Crippen molar-refractivity contribution in [1.82, 2.24) is 9.78 Å². The number of aryl methyl sites for hydroxylation is 1. The minimum atomic E-state index is -1.54. The molecule has 1 fully saturated rings. The summed E-state index contributed by atoms with van der Waals surface area (Å²) in [4.78, 5) is 26.7. The van der Waals surface area contributed by atoms with E-state index in [0.29, 0.717) is 16.8 Å². The van der Waals surface area contributed by atoms with Crippen LogP contribution >= 0.6 is 0 Å². The van der Waals surface area contributed by atoms with E-state index in [1.165, 1.54) is 30.2 Å². The number of nitrogens with zero attached hydrogens (tertiary/aromatic N) is 3. The summed E-state index contributed by atoms with van der Waals surface area (Å²) in [6, 6.07) is 17.3. The molecule has 0 spiro atoms. The van der Waals surface area contributed by atoms with Crippen molar-refractivity contribution in [3.8, 4) is 11.1 Å². The van der Waals surface area contributed by atoms with E-state index < -0.39 is 18.0 Å². The van der Waals surface area contributed by atoms with Crippen LogP contribution in [0.3, 0.4) is 0 Å². The van der Waals surface area contributed by atoms with Crippen LogP contribution in [0.2, 0.25) is 0 Å². The highest BCUT2D eigenvalue weighted by molar-refractivity contribution is 5.96. The number of fused-ring (bicyclic) bond motifs is 1. The Hall–Kier alpha value is -4.30. The molecule has 1 aliphatic rings. The van der Waals surface area contributed by atoms with Crippen molar-refractivity contribution in [3.05, 3.63) is 89.9 Å². The molecule has 1 saturated carbocycles. The molecule has 1 N–H and O–H groups in total. The molecule has 4 aromatic rings. The van der Waals surface area contributed by atoms with Crippen molar-refractivity contribution >= 4 is 34.5 Å². The summed E-state index contributed by atoms with van der Waals surface area (Å²) in [6.07, 6.45) is 7.47. The van der Waals surface area contributed by atoms with Gasteiger partial charge < -0.3 is 9.84 Å². The normalized spacial score (nSPS) is 14.3. The molecule has 1 unspecified atom stereocenters. The van der Waals surface area contributed by atoms with Crippen LogP contribution < -0.4 is 4.90 Å². The average molecular weight is 572 g/mol. The first-order valence-corrected chi connectivity index (χ1v) is 14.4. The molecule has 1 amide bonds. The molecular formula is C34H38FN3O4. The second-order valence-electron chi connectivity index (χ2n) is 10.1. The maximum Gasteiger partial charge on any atom is 0.330 e. The zero-order chi connectivity index (χ0) is 30.2. The Morgan fingerprint density at radius 1 is 1.05 bits per heavy atom. The number of carbonyl (C=O) groups is 2.